The van der Waals surface area contributed by atoms with Crippen molar-refractivity contribution < 1.29 is 0 Å². The zero-order valence-electron chi connectivity index (χ0n) is 6.07. The maximum atomic E-state index is 5.67. The minimum Gasteiger partial charge on any atom is -0.322 e. The van der Waals surface area contributed by atoms with E-state index in [1.54, 1.807) is 12.3 Å². The molecule has 11 heavy (non-hydrogen) atoms. The fourth-order valence-electron chi connectivity index (χ4n) is 0.752. The van der Waals surface area contributed by atoms with Gasteiger partial charge in [0.25, 0.3) is 0 Å². The highest BCUT2D eigenvalue weighted by atomic mass is 14.8. The molecule has 56 valence electrons. The molecular formula is C8H9N3. The summed E-state index contributed by atoms with van der Waals surface area (Å²) < 4.78 is 0. The van der Waals surface area contributed by atoms with E-state index in [4.69, 9.17) is 12.2 Å². The van der Waals surface area contributed by atoms with Gasteiger partial charge in [0.1, 0.15) is 6.33 Å². The zero-order valence-corrected chi connectivity index (χ0v) is 6.07. The van der Waals surface area contributed by atoms with E-state index in [0.717, 1.165) is 5.69 Å². The lowest BCUT2D eigenvalue weighted by atomic mass is 10.1. The van der Waals surface area contributed by atoms with Gasteiger partial charge < -0.3 is 5.73 Å². The summed E-state index contributed by atoms with van der Waals surface area (Å²) >= 11 is 0. The number of nitrogens with two attached hydrogens (primary N) is 1. The molecule has 0 saturated heterocycles. The smallest absolute Gasteiger partial charge is 0.115 e. The van der Waals surface area contributed by atoms with Gasteiger partial charge in [0.05, 0.1) is 11.7 Å². The summed E-state index contributed by atoms with van der Waals surface area (Å²) in [5.74, 6) is 2.48. The molecule has 0 aliphatic heterocycles. The predicted octanol–water partition coefficient (Wildman–Crippen LogP) is 0.500. The van der Waals surface area contributed by atoms with Crippen LogP contribution in [0.25, 0.3) is 0 Å². The zero-order chi connectivity index (χ0) is 8.10. The van der Waals surface area contributed by atoms with E-state index >= 15 is 0 Å². The van der Waals surface area contributed by atoms with Crippen LogP contribution in [-0.4, -0.2) is 9.97 Å². The summed E-state index contributed by atoms with van der Waals surface area (Å²) in [5.41, 5.74) is 6.46. The van der Waals surface area contributed by atoms with Crippen LogP contribution in [0.4, 0.5) is 0 Å². The lowest BCUT2D eigenvalue weighted by Crippen LogP contribution is -2.10. The van der Waals surface area contributed by atoms with E-state index in [1.165, 1.54) is 6.33 Å². The quantitative estimate of drug-likeness (QED) is 0.620. The SMILES string of the molecule is C#CCC(N)c1ccncn1. The molecule has 1 unspecified atom stereocenters. The number of aromatic nitrogens is 2. The van der Waals surface area contributed by atoms with Crippen LogP contribution in [-0.2, 0) is 0 Å². The van der Waals surface area contributed by atoms with Crippen LogP contribution in [0.15, 0.2) is 18.6 Å². The van der Waals surface area contributed by atoms with Crippen molar-refractivity contribution in [2.45, 2.75) is 12.5 Å². The Hall–Kier alpha value is -1.40. The van der Waals surface area contributed by atoms with Gasteiger partial charge in [0.15, 0.2) is 0 Å². The summed E-state index contributed by atoms with van der Waals surface area (Å²) in [7, 11) is 0. The Balaban J connectivity index is 2.70. The molecule has 0 fully saturated rings. The summed E-state index contributed by atoms with van der Waals surface area (Å²) in [6, 6.07) is 1.60. The summed E-state index contributed by atoms with van der Waals surface area (Å²) in [5, 5.41) is 0. The average molecular weight is 147 g/mol. The molecule has 0 saturated carbocycles. The Morgan fingerprint density at radius 1 is 1.73 bits per heavy atom. The van der Waals surface area contributed by atoms with Gasteiger partial charge in [-0.25, -0.2) is 9.97 Å². The Morgan fingerprint density at radius 2 is 2.55 bits per heavy atom. The van der Waals surface area contributed by atoms with Crippen molar-refractivity contribution in [2.75, 3.05) is 0 Å². The van der Waals surface area contributed by atoms with Crippen molar-refractivity contribution in [1.82, 2.24) is 9.97 Å². The standard InChI is InChI=1S/C8H9N3/c1-2-3-7(9)8-4-5-10-6-11-8/h1,4-7H,3,9H2. The summed E-state index contributed by atoms with van der Waals surface area (Å²) in [6.45, 7) is 0. The second-order valence-electron chi connectivity index (χ2n) is 2.15. The van der Waals surface area contributed by atoms with Crippen molar-refractivity contribution in [3.8, 4) is 12.3 Å². The average Bonchev–Trinajstić information content (AvgIpc) is 2.07. The van der Waals surface area contributed by atoms with E-state index < -0.39 is 0 Å². The Kier molecular flexibility index (Phi) is 2.59. The van der Waals surface area contributed by atoms with Crippen LogP contribution in [0, 0.1) is 12.3 Å². The lowest BCUT2D eigenvalue weighted by molar-refractivity contribution is 0.720. The van der Waals surface area contributed by atoms with Crippen molar-refractivity contribution in [3.63, 3.8) is 0 Å². The molecule has 1 rings (SSSR count). The molecule has 0 aliphatic rings. The van der Waals surface area contributed by atoms with E-state index in [0.29, 0.717) is 6.42 Å². The molecule has 0 aliphatic carbocycles. The monoisotopic (exact) mass is 147 g/mol. The molecule has 3 nitrogen and oxygen atoms in total. The highest BCUT2D eigenvalue weighted by Gasteiger charge is 2.03. The van der Waals surface area contributed by atoms with Gasteiger partial charge in [0, 0.05) is 12.6 Å². The highest BCUT2D eigenvalue weighted by Crippen LogP contribution is 2.07. The molecular weight excluding hydrogens is 138 g/mol. The van der Waals surface area contributed by atoms with Crippen molar-refractivity contribution in [2.24, 2.45) is 5.73 Å². The predicted molar refractivity (Wildman–Crippen MR) is 42.4 cm³/mol. The normalized spacial score (nSPS) is 12.0. The van der Waals surface area contributed by atoms with Crippen molar-refractivity contribution in [3.05, 3.63) is 24.3 Å². The first kappa shape index (κ1) is 7.70. The number of terminal acetylenes is 1. The van der Waals surface area contributed by atoms with Crippen LogP contribution < -0.4 is 5.73 Å². The van der Waals surface area contributed by atoms with Crippen LogP contribution in [0.3, 0.4) is 0 Å². The molecule has 0 aromatic carbocycles. The molecule has 3 heteroatoms. The fourth-order valence-corrected chi connectivity index (χ4v) is 0.752. The van der Waals surface area contributed by atoms with Crippen molar-refractivity contribution >= 4 is 0 Å². The van der Waals surface area contributed by atoms with Gasteiger partial charge in [-0.1, -0.05) is 0 Å². The Bertz CT molecular complexity index is 250. The van der Waals surface area contributed by atoms with Gasteiger partial charge in [-0.2, -0.15) is 0 Å². The van der Waals surface area contributed by atoms with Gasteiger partial charge in [-0.15, -0.1) is 12.3 Å². The number of hydrogen-bond donors (Lipinski definition) is 1. The Morgan fingerprint density at radius 3 is 3.09 bits per heavy atom. The minimum atomic E-state index is -0.164. The second kappa shape index (κ2) is 3.69. The summed E-state index contributed by atoms with van der Waals surface area (Å²) in [4.78, 5) is 7.74. The van der Waals surface area contributed by atoms with Crippen LogP contribution >= 0.6 is 0 Å². The molecule has 2 N–H and O–H groups in total. The van der Waals surface area contributed by atoms with Crippen LogP contribution in [0.2, 0.25) is 0 Å². The third-order valence-corrected chi connectivity index (χ3v) is 1.32. The van der Waals surface area contributed by atoms with E-state index in [1.807, 2.05) is 0 Å². The summed E-state index contributed by atoms with van der Waals surface area (Å²) in [6.07, 6.45) is 8.72. The first-order valence-electron chi connectivity index (χ1n) is 3.29. The van der Waals surface area contributed by atoms with Gasteiger partial charge in [-0.05, 0) is 6.07 Å². The number of rotatable bonds is 2. The van der Waals surface area contributed by atoms with Gasteiger partial charge >= 0.3 is 0 Å². The van der Waals surface area contributed by atoms with E-state index in [-0.39, 0.29) is 6.04 Å². The topological polar surface area (TPSA) is 51.8 Å². The maximum Gasteiger partial charge on any atom is 0.115 e. The second-order valence-corrected chi connectivity index (χ2v) is 2.15. The lowest BCUT2D eigenvalue weighted by Gasteiger charge is -2.04. The third-order valence-electron chi connectivity index (χ3n) is 1.32. The fraction of sp³-hybridized carbons (Fsp3) is 0.250. The Labute approximate surface area is 65.7 Å². The molecule has 0 radical (unpaired) electrons. The molecule has 1 aromatic heterocycles. The highest BCUT2D eigenvalue weighted by molar-refractivity contribution is 5.07. The van der Waals surface area contributed by atoms with Gasteiger partial charge in [-0.3, -0.25) is 0 Å². The molecule has 1 atom stereocenters. The number of hydrogen-bond acceptors (Lipinski definition) is 3. The van der Waals surface area contributed by atoms with Gasteiger partial charge in [0.2, 0.25) is 0 Å². The van der Waals surface area contributed by atoms with Crippen LogP contribution in [0.5, 0.6) is 0 Å². The number of nitrogens with zero attached hydrogens (tertiary/aromatic N) is 2. The minimum absolute atomic E-state index is 0.164. The molecule has 0 spiro atoms. The first-order valence-corrected chi connectivity index (χ1v) is 3.29. The van der Waals surface area contributed by atoms with E-state index in [2.05, 4.69) is 15.9 Å². The third kappa shape index (κ3) is 2.03. The van der Waals surface area contributed by atoms with Crippen molar-refractivity contribution in [1.29, 1.82) is 0 Å². The van der Waals surface area contributed by atoms with Crippen LogP contribution in [0.1, 0.15) is 18.2 Å². The first-order chi connectivity index (χ1) is 5.34. The molecule has 1 heterocycles. The molecule has 0 amide bonds. The maximum absolute atomic E-state index is 5.67. The molecule has 0 bridgehead atoms. The molecule has 1 aromatic rings. The van der Waals surface area contributed by atoms with E-state index in [9.17, 15) is 0 Å². The largest absolute Gasteiger partial charge is 0.322 e.